The molecule has 3 nitrogen and oxygen atoms in total. The Kier molecular flexibility index (Phi) is 1.62. The quantitative estimate of drug-likeness (QED) is 0.677. The molecule has 2 rings (SSSR count). The largest absolute Gasteiger partial charge is 0.296 e. The molecule has 0 unspecified atom stereocenters. The number of H-pyrrole nitrogens is 1. The minimum Gasteiger partial charge on any atom is -0.296 e. The Morgan fingerprint density at radius 3 is 3.00 bits per heavy atom. The van der Waals surface area contributed by atoms with Crippen molar-refractivity contribution >= 4 is 17.2 Å². The molecule has 0 fully saturated rings. The third-order valence-corrected chi connectivity index (χ3v) is 2.00. The number of aldehydes is 1. The molecule has 0 bridgehead atoms. The zero-order valence-electron chi connectivity index (χ0n) is 6.97. The summed E-state index contributed by atoms with van der Waals surface area (Å²) < 4.78 is 13.2. The summed E-state index contributed by atoms with van der Waals surface area (Å²) in [4.78, 5) is 10.5. The van der Waals surface area contributed by atoms with Gasteiger partial charge in [0.25, 0.3) is 0 Å². The van der Waals surface area contributed by atoms with Gasteiger partial charge in [-0.2, -0.15) is 5.10 Å². The van der Waals surface area contributed by atoms with Crippen LogP contribution >= 0.6 is 0 Å². The molecule has 0 aliphatic rings. The molecular weight excluding hydrogens is 171 g/mol. The Morgan fingerprint density at radius 2 is 2.31 bits per heavy atom. The van der Waals surface area contributed by atoms with Crippen LogP contribution in [0.2, 0.25) is 0 Å². The first-order chi connectivity index (χ1) is 6.24. The fourth-order valence-electron chi connectivity index (χ4n) is 1.33. The van der Waals surface area contributed by atoms with Crippen molar-refractivity contribution in [3.63, 3.8) is 0 Å². The van der Waals surface area contributed by atoms with Gasteiger partial charge in [-0.1, -0.05) is 6.07 Å². The topological polar surface area (TPSA) is 45.8 Å². The predicted molar refractivity (Wildman–Crippen MR) is 46.2 cm³/mol. The molecule has 1 aromatic heterocycles. The van der Waals surface area contributed by atoms with E-state index in [1.165, 1.54) is 6.07 Å². The number of nitrogens with zero attached hydrogens (tertiary/aromatic N) is 1. The fraction of sp³-hybridized carbons (Fsp3) is 0.111. The Hall–Kier alpha value is -1.71. The minimum absolute atomic E-state index is 0.191. The van der Waals surface area contributed by atoms with Crippen molar-refractivity contribution in [1.29, 1.82) is 0 Å². The van der Waals surface area contributed by atoms with Crippen LogP contribution in [0, 0.1) is 12.7 Å². The molecule has 0 amide bonds. The minimum atomic E-state index is -0.420. The van der Waals surface area contributed by atoms with Gasteiger partial charge in [0.15, 0.2) is 6.29 Å². The lowest BCUT2D eigenvalue weighted by molar-refractivity contribution is 0.112. The number of carbonyl (C=O) groups excluding carboxylic acids is 1. The maximum absolute atomic E-state index is 13.2. The second-order valence-electron chi connectivity index (χ2n) is 2.84. The van der Waals surface area contributed by atoms with Crippen molar-refractivity contribution in [3.8, 4) is 0 Å². The van der Waals surface area contributed by atoms with Crippen LogP contribution in [0.5, 0.6) is 0 Å². The number of nitrogens with one attached hydrogen (secondary N) is 1. The monoisotopic (exact) mass is 178 g/mol. The first kappa shape index (κ1) is 7.91. The number of fused-ring (bicyclic) bond motifs is 1. The zero-order chi connectivity index (χ0) is 9.42. The number of carbonyl (C=O) groups is 1. The highest BCUT2D eigenvalue weighted by atomic mass is 19.1. The van der Waals surface area contributed by atoms with Crippen LogP contribution in [0.25, 0.3) is 10.9 Å². The summed E-state index contributed by atoms with van der Waals surface area (Å²) in [5.41, 5.74) is 1.55. The van der Waals surface area contributed by atoms with Gasteiger partial charge in [-0.3, -0.25) is 9.89 Å². The maximum Gasteiger partial charge on any atom is 0.168 e. The van der Waals surface area contributed by atoms with Crippen LogP contribution in [0.15, 0.2) is 12.1 Å². The van der Waals surface area contributed by atoms with Gasteiger partial charge in [-0.25, -0.2) is 4.39 Å². The Labute approximate surface area is 73.6 Å². The molecule has 0 saturated carbocycles. The first-order valence-corrected chi connectivity index (χ1v) is 3.82. The van der Waals surface area contributed by atoms with E-state index in [2.05, 4.69) is 10.2 Å². The van der Waals surface area contributed by atoms with Crippen molar-refractivity contribution in [3.05, 3.63) is 29.2 Å². The third-order valence-electron chi connectivity index (χ3n) is 2.00. The van der Waals surface area contributed by atoms with Crippen LogP contribution < -0.4 is 0 Å². The fourth-order valence-corrected chi connectivity index (χ4v) is 1.33. The van der Waals surface area contributed by atoms with E-state index in [1.54, 1.807) is 6.07 Å². The smallest absolute Gasteiger partial charge is 0.168 e. The molecule has 0 saturated heterocycles. The molecule has 2 aromatic rings. The molecule has 0 aliphatic carbocycles. The molecule has 4 heteroatoms. The molecule has 13 heavy (non-hydrogen) atoms. The van der Waals surface area contributed by atoms with Crippen LogP contribution in [0.4, 0.5) is 4.39 Å². The molecule has 0 atom stereocenters. The summed E-state index contributed by atoms with van der Waals surface area (Å²) in [7, 11) is 0. The number of benzene rings is 1. The summed E-state index contributed by atoms with van der Waals surface area (Å²) in [5.74, 6) is -0.420. The lowest BCUT2D eigenvalue weighted by Crippen LogP contribution is -1.84. The lowest BCUT2D eigenvalue weighted by atomic mass is 10.1. The summed E-state index contributed by atoms with van der Waals surface area (Å²) in [5, 5.41) is 6.61. The number of halogens is 1. The number of hydrogen-bond donors (Lipinski definition) is 1. The maximum atomic E-state index is 13.2. The molecule has 0 aliphatic heterocycles. The number of hydrogen-bond acceptors (Lipinski definition) is 2. The van der Waals surface area contributed by atoms with Crippen molar-refractivity contribution in [2.45, 2.75) is 6.92 Å². The predicted octanol–water partition coefficient (Wildman–Crippen LogP) is 1.82. The Balaban J connectivity index is 2.95. The van der Waals surface area contributed by atoms with E-state index < -0.39 is 5.82 Å². The van der Waals surface area contributed by atoms with Gasteiger partial charge >= 0.3 is 0 Å². The van der Waals surface area contributed by atoms with Gasteiger partial charge < -0.3 is 0 Å². The van der Waals surface area contributed by atoms with Gasteiger partial charge in [0.05, 0.1) is 10.9 Å². The molecular formula is C9H7FN2O. The van der Waals surface area contributed by atoms with Crippen molar-refractivity contribution in [2.75, 3.05) is 0 Å². The normalized spacial score (nSPS) is 10.6. The molecule has 0 radical (unpaired) electrons. The summed E-state index contributed by atoms with van der Waals surface area (Å²) >= 11 is 0. The van der Waals surface area contributed by atoms with Gasteiger partial charge in [0, 0.05) is 0 Å². The van der Waals surface area contributed by atoms with Crippen LogP contribution in [0.3, 0.4) is 0 Å². The van der Waals surface area contributed by atoms with E-state index in [0.29, 0.717) is 11.8 Å². The summed E-state index contributed by atoms with van der Waals surface area (Å²) in [6.07, 6.45) is 0.567. The van der Waals surface area contributed by atoms with Crippen molar-refractivity contribution < 1.29 is 9.18 Å². The summed E-state index contributed by atoms with van der Waals surface area (Å²) in [6.45, 7) is 1.82. The van der Waals surface area contributed by atoms with Crippen LogP contribution in [-0.2, 0) is 0 Å². The van der Waals surface area contributed by atoms with Gasteiger partial charge in [-0.05, 0) is 18.6 Å². The van der Waals surface area contributed by atoms with Gasteiger partial charge in [0.2, 0.25) is 0 Å². The lowest BCUT2D eigenvalue weighted by Gasteiger charge is -1.94. The number of aryl methyl sites for hydroxylation is 1. The van der Waals surface area contributed by atoms with E-state index in [-0.39, 0.29) is 11.1 Å². The van der Waals surface area contributed by atoms with E-state index in [0.717, 1.165) is 5.56 Å². The Bertz CT molecular complexity index is 476. The Morgan fingerprint density at radius 1 is 1.54 bits per heavy atom. The number of rotatable bonds is 1. The highest BCUT2D eigenvalue weighted by molar-refractivity contribution is 5.96. The zero-order valence-corrected chi connectivity index (χ0v) is 6.97. The first-order valence-electron chi connectivity index (χ1n) is 3.82. The van der Waals surface area contributed by atoms with E-state index in [9.17, 15) is 9.18 Å². The number of aromatic nitrogens is 2. The standard InChI is InChI=1S/C9H7FN2O/c1-5-2-3-6(10)8-7(4-13)11-12-9(5)8/h2-4H,1H3,(H,11,12). The second kappa shape index (κ2) is 2.65. The average Bonchev–Trinajstić information content (AvgIpc) is 2.56. The van der Waals surface area contributed by atoms with E-state index in [4.69, 9.17) is 0 Å². The SMILES string of the molecule is Cc1ccc(F)c2c(C=O)[nH]nc12. The molecule has 1 aromatic carbocycles. The van der Waals surface area contributed by atoms with Crippen molar-refractivity contribution in [1.82, 2.24) is 10.2 Å². The van der Waals surface area contributed by atoms with Gasteiger partial charge in [0.1, 0.15) is 11.5 Å². The van der Waals surface area contributed by atoms with E-state index >= 15 is 0 Å². The molecule has 0 spiro atoms. The number of aromatic amines is 1. The molecule has 1 heterocycles. The van der Waals surface area contributed by atoms with E-state index in [1.807, 2.05) is 6.92 Å². The molecule has 66 valence electrons. The third kappa shape index (κ3) is 1.02. The van der Waals surface area contributed by atoms with Crippen LogP contribution in [-0.4, -0.2) is 16.5 Å². The highest BCUT2D eigenvalue weighted by Crippen LogP contribution is 2.21. The van der Waals surface area contributed by atoms with Crippen LogP contribution in [0.1, 0.15) is 16.1 Å². The second-order valence-corrected chi connectivity index (χ2v) is 2.84. The summed E-state index contributed by atoms with van der Waals surface area (Å²) in [6, 6.07) is 2.97. The van der Waals surface area contributed by atoms with Gasteiger partial charge in [-0.15, -0.1) is 0 Å². The average molecular weight is 178 g/mol. The van der Waals surface area contributed by atoms with Crippen molar-refractivity contribution in [2.24, 2.45) is 0 Å². The highest BCUT2D eigenvalue weighted by Gasteiger charge is 2.10. The molecule has 1 N–H and O–H groups in total.